The summed E-state index contributed by atoms with van der Waals surface area (Å²) in [5.74, 6) is 1.01. The average molecular weight is 484 g/mol. The Labute approximate surface area is 209 Å². The van der Waals surface area contributed by atoms with Crippen LogP contribution in [-0.4, -0.2) is 33.5 Å². The predicted molar refractivity (Wildman–Crippen MR) is 144 cm³/mol. The Morgan fingerprint density at radius 2 is 1.94 bits per heavy atom. The summed E-state index contributed by atoms with van der Waals surface area (Å²) in [7, 11) is 2.08. The summed E-state index contributed by atoms with van der Waals surface area (Å²) >= 11 is 1.53. The molecule has 0 spiro atoms. The minimum absolute atomic E-state index is 0.0335. The van der Waals surface area contributed by atoms with Crippen LogP contribution in [0, 0.1) is 0 Å². The molecule has 0 fully saturated rings. The SMILES string of the molecule is CCCN(Cc1nc2ccccc2n1C)c1ccc2sc(C(=O)NCCc3ccccn3)cc2c1. The minimum Gasteiger partial charge on any atom is -0.364 e. The first-order valence-corrected chi connectivity index (χ1v) is 12.8. The Morgan fingerprint density at radius 1 is 1.09 bits per heavy atom. The van der Waals surface area contributed by atoms with E-state index in [0.29, 0.717) is 6.54 Å². The van der Waals surface area contributed by atoms with Crippen molar-refractivity contribution in [1.29, 1.82) is 0 Å². The van der Waals surface area contributed by atoms with Gasteiger partial charge in [-0.15, -0.1) is 11.3 Å². The molecular weight excluding hydrogens is 454 g/mol. The highest BCUT2D eigenvalue weighted by Gasteiger charge is 2.15. The number of amides is 1. The van der Waals surface area contributed by atoms with Crippen molar-refractivity contribution in [3.63, 3.8) is 0 Å². The van der Waals surface area contributed by atoms with Gasteiger partial charge in [0.2, 0.25) is 0 Å². The smallest absolute Gasteiger partial charge is 0.261 e. The molecule has 3 heterocycles. The standard InChI is InChI=1S/C28H29N5OS/c1-3-16-33(19-27-31-23-9-4-5-10-24(23)32(27)2)22-11-12-25-20(17-22)18-26(35-25)28(34)30-15-13-21-8-6-7-14-29-21/h4-12,14,17-18H,3,13,15-16,19H2,1-2H3,(H,30,34). The van der Waals surface area contributed by atoms with Crippen LogP contribution in [-0.2, 0) is 20.0 Å². The fraction of sp³-hybridized carbons (Fsp3) is 0.250. The van der Waals surface area contributed by atoms with Gasteiger partial charge in [-0.25, -0.2) is 4.98 Å². The van der Waals surface area contributed by atoms with Crippen LogP contribution in [0.1, 0.15) is 34.5 Å². The van der Waals surface area contributed by atoms with Crippen molar-refractivity contribution in [3.8, 4) is 0 Å². The van der Waals surface area contributed by atoms with Crippen LogP contribution in [0.25, 0.3) is 21.1 Å². The lowest BCUT2D eigenvalue weighted by atomic mass is 10.2. The summed E-state index contributed by atoms with van der Waals surface area (Å²) in [6, 6.07) is 22.5. The van der Waals surface area contributed by atoms with Gasteiger partial charge < -0.3 is 14.8 Å². The van der Waals surface area contributed by atoms with E-state index in [2.05, 4.69) is 70.1 Å². The van der Waals surface area contributed by atoms with Crippen LogP contribution in [0.3, 0.4) is 0 Å². The maximum absolute atomic E-state index is 12.7. The van der Waals surface area contributed by atoms with Crippen molar-refractivity contribution in [2.24, 2.45) is 7.05 Å². The first kappa shape index (κ1) is 23.1. The van der Waals surface area contributed by atoms with Crippen molar-refractivity contribution >= 4 is 44.1 Å². The Morgan fingerprint density at radius 3 is 2.74 bits per heavy atom. The molecule has 0 saturated carbocycles. The van der Waals surface area contributed by atoms with E-state index in [-0.39, 0.29) is 5.91 Å². The van der Waals surface area contributed by atoms with Gasteiger partial charge in [0.05, 0.1) is 22.5 Å². The highest BCUT2D eigenvalue weighted by atomic mass is 32.1. The molecule has 0 radical (unpaired) electrons. The molecule has 6 nitrogen and oxygen atoms in total. The molecule has 0 aliphatic rings. The van der Waals surface area contributed by atoms with Gasteiger partial charge >= 0.3 is 0 Å². The number of carbonyl (C=O) groups excluding carboxylic acids is 1. The molecule has 7 heteroatoms. The van der Waals surface area contributed by atoms with Gasteiger partial charge in [-0.3, -0.25) is 9.78 Å². The molecule has 0 aliphatic carbocycles. The first-order chi connectivity index (χ1) is 17.1. The number of nitrogens with one attached hydrogen (secondary N) is 1. The average Bonchev–Trinajstić information content (AvgIpc) is 3.45. The highest BCUT2D eigenvalue weighted by Crippen LogP contribution is 2.30. The molecule has 178 valence electrons. The lowest BCUT2D eigenvalue weighted by Gasteiger charge is -2.24. The van der Waals surface area contributed by atoms with E-state index in [0.717, 1.165) is 69.1 Å². The summed E-state index contributed by atoms with van der Waals surface area (Å²) in [5.41, 5.74) is 4.29. The number of pyridine rings is 1. The Balaban J connectivity index is 1.32. The number of carbonyl (C=O) groups is 1. The highest BCUT2D eigenvalue weighted by molar-refractivity contribution is 7.20. The Hall–Kier alpha value is -3.71. The number of hydrogen-bond acceptors (Lipinski definition) is 5. The van der Waals surface area contributed by atoms with Crippen molar-refractivity contribution < 1.29 is 4.79 Å². The number of para-hydroxylation sites is 2. The number of aryl methyl sites for hydroxylation is 1. The number of anilines is 1. The van der Waals surface area contributed by atoms with Gasteiger partial charge in [0.25, 0.3) is 5.91 Å². The van der Waals surface area contributed by atoms with E-state index < -0.39 is 0 Å². The van der Waals surface area contributed by atoms with Crippen LogP contribution in [0.2, 0.25) is 0 Å². The lowest BCUT2D eigenvalue weighted by Crippen LogP contribution is -2.25. The Bertz CT molecular complexity index is 1460. The number of benzene rings is 2. The number of hydrogen-bond donors (Lipinski definition) is 1. The second-order valence-corrected chi connectivity index (χ2v) is 9.74. The number of nitrogens with zero attached hydrogens (tertiary/aromatic N) is 4. The fourth-order valence-corrected chi connectivity index (χ4v) is 5.31. The molecule has 3 aromatic heterocycles. The number of thiophene rings is 1. The van der Waals surface area contributed by atoms with Crippen LogP contribution in [0.5, 0.6) is 0 Å². The van der Waals surface area contributed by atoms with Crippen LogP contribution < -0.4 is 10.2 Å². The number of aromatic nitrogens is 3. The second kappa shape index (κ2) is 10.3. The molecule has 0 saturated heterocycles. The normalized spacial score (nSPS) is 11.3. The molecule has 5 aromatic rings. The number of rotatable bonds is 9. The van der Waals surface area contributed by atoms with Crippen molar-refractivity contribution in [1.82, 2.24) is 19.9 Å². The van der Waals surface area contributed by atoms with Gasteiger partial charge in [0.15, 0.2) is 0 Å². The molecule has 0 unspecified atom stereocenters. The molecule has 5 rings (SSSR count). The molecule has 35 heavy (non-hydrogen) atoms. The first-order valence-electron chi connectivity index (χ1n) is 12.0. The summed E-state index contributed by atoms with van der Waals surface area (Å²) in [4.78, 5) is 25.0. The number of imidazole rings is 1. The molecule has 2 aromatic carbocycles. The van der Waals surface area contributed by atoms with Crippen molar-refractivity contribution in [2.45, 2.75) is 26.3 Å². The van der Waals surface area contributed by atoms with E-state index in [1.54, 1.807) is 6.20 Å². The van der Waals surface area contributed by atoms with Gasteiger partial charge in [-0.1, -0.05) is 25.1 Å². The van der Waals surface area contributed by atoms with E-state index >= 15 is 0 Å². The van der Waals surface area contributed by atoms with Crippen LogP contribution in [0.4, 0.5) is 5.69 Å². The van der Waals surface area contributed by atoms with Crippen LogP contribution in [0.15, 0.2) is 72.9 Å². The zero-order valence-electron chi connectivity index (χ0n) is 20.1. The van der Waals surface area contributed by atoms with Gasteiger partial charge in [-0.05, 0) is 60.3 Å². The summed E-state index contributed by atoms with van der Waals surface area (Å²) < 4.78 is 3.29. The largest absolute Gasteiger partial charge is 0.364 e. The molecular formula is C28H29N5OS. The fourth-order valence-electron chi connectivity index (χ4n) is 4.35. The van der Waals surface area contributed by atoms with Gasteiger partial charge in [0, 0.05) is 48.8 Å². The Kier molecular flexibility index (Phi) is 6.77. The zero-order chi connectivity index (χ0) is 24.2. The molecule has 1 amide bonds. The molecule has 0 bridgehead atoms. The topological polar surface area (TPSA) is 63.1 Å². The van der Waals surface area contributed by atoms with E-state index in [4.69, 9.17) is 4.98 Å². The summed E-state index contributed by atoms with van der Waals surface area (Å²) in [5, 5.41) is 4.12. The molecule has 0 atom stereocenters. The third-order valence-corrected chi connectivity index (χ3v) is 7.30. The maximum atomic E-state index is 12.7. The third kappa shape index (κ3) is 5.05. The van der Waals surface area contributed by atoms with Crippen LogP contribution >= 0.6 is 11.3 Å². The summed E-state index contributed by atoms with van der Waals surface area (Å²) in [6.07, 6.45) is 3.53. The molecule has 1 N–H and O–H groups in total. The minimum atomic E-state index is -0.0335. The predicted octanol–water partition coefficient (Wildman–Crippen LogP) is 5.57. The zero-order valence-corrected chi connectivity index (χ0v) is 20.9. The van der Waals surface area contributed by atoms with Gasteiger partial charge in [-0.2, -0.15) is 0 Å². The third-order valence-electron chi connectivity index (χ3n) is 6.19. The van der Waals surface area contributed by atoms with E-state index in [1.165, 1.54) is 11.3 Å². The monoisotopic (exact) mass is 483 g/mol. The number of fused-ring (bicyclic) bond motifs is 2. The lowest BCUT2D eigenvalue weighted by molar-refractivity contribution is 0.0958. The van der Waals surface area contributed by atoms with E-state index in [1.807, 2.05) is 30.3 Å². The second-order valence-electron chi connectivity index (χ2n) is 8.66. The quantitative estimate of drug-likeness (QED) is 0.298. The summed E-state index contributed by atoms with van der Waals surface area (Å²) in [6.45, 7) is 4.42. The maximum Gasteiger partial charge on any atom is 0.261 e. The van der Waals surface area contributed by atoms with Gasteiger partial charge in [0.1, 0.15) is 5.82 Å². The van der Waals surface area contributed by atoms with Crippen molar-refractivity contribution in [2.75, 3.05) is 18.0 Å². The van der Waals surface area contributed by atoms with Crippen molar-refractivity contribution in [3.05, 3.63) is 89.3 Å². The molecule has 0 aliphatic heterocycles. The van der Waals surface area contributed by atoms with E-state index in [9.17, 15) is 4.79 Å².